The van der Waals surface area contributed by atoms with Gasteiger partial charge in [0.25, 0.3) is 0 Å². The number of hydrogen-bond acceptors (Lipinski definition) is 4. The van der Waals surface area contributed by atoms with Crippen molar-refractivity contribution in [2.75, 3.05) is 19.8 Å². The van der Waals surface area contributed by atoms with E-state index in [1.807, 2.05) is 13.8 Å². The van der Waals surface area contributed by atoms with Crippen molar-refractivity contribution in [3.8, 4) is 0 Å². The minimum atomic E-state index is -0.119. The Morgan fingerprint density at radius 2 is 2.29 bits per heavy atom. The Labute approximate surface area is 104 Å². The summed E-state index contributed by atoms with van der Waals surface area (Å²) in [5.74, 6) is -0.202. The van der Waals surface area contributed by atoms with Crippen molar-refractivity contribution in [3.05, 3.63) is 0 Å². The first-order chi connectivity index (χ1) is 7.94. The summed E-state index contributed by atoms with van der Waals surface area (Å²) in [4.78, 5) is 11.5. The number of ether oxygens (including phenoxy) is 2. The summed E-state index contributed by atoms with van der Waals surface area (Å²) < 4.78 is 10.6. The van der Waals surface area contributed by atoms with Crippen LogP contribution in [0.2, 0.25) is 0 Å². The van der Waals surface area contributed by atoms with E-state index >= 15 is 0 Å². The van der Waals surface area contributed by atoms with Crippen LogP contribution in [0, 0.1) is 5.92 Å². The van der Waals surface area contributed by atoms with Crippen LogP contribution in [-0.4, -0.2) is 37.4 Å². The Morgan fingerprint density at radius 1 is 1.59 bits per heavy atom. The van der Waals surface area contributed by atoms with Crippen molar-refractivity contribution in [1.29, 1.82) is 0 Å². The summed E-state index contributed by atoms with van der Waals surface area (Å²) in [6.07, 6.45) is 2.00. The predicted molar refractivity (Wildman–Crippen MR) is 66.9 cm³/mol. The van der Waals surface area contributed by atoms with Crippen LogP contribution in [-0.2, 0) is 14.3 Å². The molecule has 1 heterocycles. The Hall–Kier alpha value is -0.610. The maximum absolute atomic E-state index is 11.5. The average Bonchev–Trinajstić information content (AvgIpc) is 2.25. The number of rotatable bonds is 5. The Balaban J connectivity index is 2.28. The number of esters is 1. The van der Waals surface area contributed by atoms with Crippen LogP contribution in [0.1, 0.15) is 40.5 Å². The van der Waals surface area contributed by atoms with Crippen LogP contribution in [0.5, 0.6) is 0 Å². The molecule has 0 aromatic heterocycles. The lowest BCUT2D eigenvalue weighted by atomic mass is 9.93. The summed E-state index contributed by atoms with van der Waals surface area (Å²) in [6, 6.07) is 0.440. The number of carbonyl (C=O) groups excluding carboxylic acids is 1. The van der Waals surface area contributed by atoms with Crippen LogP contribution < -0.4 is 5.32 Å². The zero-order valence-electron chi connectivity index (χ0n) is 11.4. The normalized spacial score (nSPS) is 25.3. The van der Waals surface area contributed by atoms with E-state index in [0.29, 0.717) is 19.2 Å². The van der Waals surface area contributed by atoms with E-state index in [4.69, 9.17) is 9.47 Å². The molecule has 0 spiro atoms. The second-order valence-electron chi connectivity index (χ2n) is 5.36. The van der Waals surface area contributed by atoms with Gasteiger partial charge < -0.3 is 14.8 Å². The van der Waals surface area contributed by atoms with Crippen molar-refractivity contribution in [2.24, 2.45) is 5.92 Å². The molecule has 4 nitrogen and oxygen atoms in total. The molecule has 0 saturated carbocycles. The maximum Gasteiger partial charge on any atom is 0.309 e. The number of nitrogens with one attached hydrogen (secondary N) is 1. The van der Waals surface area contributed by atoms with Gasteiger partial charge in [0.1, 0.15) is 0 Å². The molecular weight excluding hydrogens is 218 g/mol. The molecule has 1 aliphatic rings. The first kappa shape index (κ1) is 14.5. The molecule has 1 rings (SSSR count). The van der Waals surface area contributed by atoms with Gasteiger partial charge in [0.15, 0.2) is 0 Å². The topological polar surface area (TPSA) is 47.6 Å². The molecule has 0 amide bonds. The molecule has 0 aromatic rings. The van der Waals surface area contributed by atoms with Gasteiger partial charge in [0.05, 0.1) is 18.1 Å². The fraction of sp³-hybridized carbons (Fsp3) is 0.923. The van der Waals surface area contributed by atoms with E-state index in [2.05, 4.69) is 19.2 Å². The minimum absolute atomic E-state index is 0.0525. The van der Waals surface area contributed by atoms with Crippen LogP contribution in [0.25, 0.3) is 0 Å². The van der Waals surface area contributed by atoms with E-state index in [1.54, 1.807) is 0 Å². The van der Waals surface area contributed by atoms with Gasteiger partial charge >= 0.3 is 5.97 Å². The fourth-order valence-corrected chi connectivity index (χ4v) is 2.12. The quantitative estimate of drug-likeness (QED) is 0.747. The molecule has 0 aromatic carbocycles. The van der Waals surface area contributed by atoms with E-state index in [1.165, 1.54) is 0 Å². The maximum atomic E-state index is 11.5. The van der Waals surface area contributed by atoms with Crippen molar-refractivity contribution >= 4 is 5.97 Å². The van der Waals surface area contributed by atoms with Crippen molar-refractivity contribution in [3.63, 3.8) is 0 Å². The molecule has 1 N–H and O–H groups in total. The SMILES string of the molecule is CCOC(=O)C(C)CNC1CCOC(C)(C)C1. The van der Waals surface area contributed by atoms with Gasteiger partial charge in [-0.1, -0.05) is 6.92 Å². The Morgan fingerprint density at radius 3 is 2.88 bits per heavy atom. The summed E-state index contributed by atoms with van der Waals surface area (Å²) in [7, 11) is 0. The summed E-state index contributed by atoms with van der Waals surface area (Å²) in [5.41, 5.74) is -0.0525. The Kier molecular flexibility index (Phi) is 5.40. The van der Waals surface area contributed by atoms with E-state index in [-0.39, 0.29) is 17.5 Å². The van der Waals surface area contributed by atoms with Gasteiger partial charge in [-0.15, -0.1) is 0 Å². The summed E-state index contributed by atoms with van der Waals surface area (Å²) in [5, 5.41) is 3.44. The van der Waals surface area contributed by atoms with Gasteiger partial charge in [0.2, 0.25) is 0 Å². The zero-order chi connectivity index (χ0) is 12.9. The fourth-order valence-electron chi connectivity index (χ4n) is 2.12. The monoisotopic (exact) mass is 243 g/mol. The van der Waals surface area contributed by atoms with Gasteiger partial charge in [-0.2, -0.15) is 0 Å². The molecule has 17 heavy (non-hydrogen) atoms. The second-order valence-corrected chi connectivity index (χ2v) is 5.36. The van der Waals surface area contributed by atoms with E-state index in [0.717, 1.165) is 19.4 Å². The van der Waals surface area contributed by atoms with Gasteiger partial charge in [0, 0.05) is 19.2 Å². The standard InChI is InChI=1S/C13H25NO3/c1-5-16-12(15)10(2)9-14-11-6-7-17-13(3,4)8-11/h10-11,14H,5-9H2,1-4H3. The van der Waals surface area contributed by atoms with Crippen LogP contribution >= 0.6 is 0 Å². The van der Waals surface area contributed by atoms with E-state index < -0.39 is 0 Å². The van der Waals surface area contributed by atoms with Crippen LogP contribution in [0.3, 0.4) is 0 Å². The number of carbonyl (C=O) groups is 1. The van der Waals surface area contributed by atoms with Crippen molar-refractivity contribution < 1.29 is 14.3 Å². The first-order valence-corrected chi connectivity index (χ1v) is 6.48. The third-order valence-electron chi connectivity index (χ3n) is 3.10. The highest BCUT2D eigenvalue weighted by Gasteiger charge is 2.29. The molecule has 0 bridgehead atoms. The highest BCUT2D eigenvalue weighted by Crippen LogP contribution is 2.23. The van der Waals surface area contributed by atoms with Crippen molar-refractivity contribution in [2.45, 2.75) is 52.2 Å². The molecular formula is C13H25NO3. The van der Waals surface area contributed by atoms with Gasteiger partial charge in [-0.3, -0.25) is 4.79 Å². The third kappa shape index (κ3) is 5.04. The molecule has 1 aliphatic heterocycles. The first-order valence-electron chi connectivity index (χ1n) is 6.48. The minimum Gasteiger partial charge on any atom is -0.466 e. The molecule has 4 heteroatoms. The molecule has 0 radical (unpaired) electrons. The van der Waals surface area contributed by atoms with Crippen LogP contribution in [0.15, 0.2) is 0 Å². The highest BCUT2D eigenvalue weighted by atomic mass is 16.5. The number of hydrogen-bond donors (Lipinski definition) is 1. The molecule has 2 atom stereocenters. The lowest BCUT2D eigenvalue weighted by Crippen LogP contribution is -2.45. The lowest BCUT2D eigenvalue weighted by molar-refractivity contribution is -0.147. The molecule has 0 aliphatic carbocycles. The largest absolute Gasteiger partial charge is 0.466 e. The smallest absolute Gasteiger partial charge is 0.309 e. The van der Waals surface area contributed by atoms with Gasteiger partial charge in [-0.05, 0) is 33.6 Å². The van der Waals surface area contributed by atoms with Gasteiger partial charge in [-0.25, -0.2) is 0 Å². The third-order valence-corrected chi connectivity index (χ3v) is 3.10. The lowest BCUT2D eigenvalue weighted by Gasteiger charge is -2.36. The highest BCUT2D eigenvalue weighted by molar-refractivity contribution is 5.72. The molecule has 1 saturated heterocycles. The Bertz CT molecular complexity index is 253. The van der Waals surface area contributed by atoms with E-state index in [9.17, 15) is 4.79 Å². The van der Waals surface area contributed by atoms with Crippen LogP contribution in [0.4, 0.5) is 0 Å². The van der Waals surface area contributed by atoms with Crippen molar-refractivity contribution in [1.82, 2.24) is 5.32 Å². The average molecular weight is 243 g/mol. The summed E-state index contributed by atoms with van der Waals surface area (Å²) in [6.45, 7) is 9.87. The molecule has 1 fully saturated rings. The zero-order valence-corrected chi connectivity index (χ0v) is 11.4. The molecule has 100 valence electrons. The summed E-state index contributed by atoms with van der Waals surface area (Å²) >= 11 is 0. The predicted octanol–water partition coefficient (Wildman–Crippen LogP) is 1.73. The molecule has 2 unspecified atom stereocenters. The second kappa shape index (κ2) is 6.36.